The highest BCUT2D eigenvalue weighted by Gasteiger charge is 2.23. The lowest BCUT2D eigenvalue weighted by Crippen LogP contribution is -2.41. The molecule has 1 amide bonds. The van der Waals surface area contributed by atoms with Crippen molar-refractivity contribution in [1.82, 2.24) is 14.9 Å². The zero-order valence-electron chi connectivity index (χ0n) is 9.34. The number of carbonyl (C=O) groups is 1. The lowest BCUT2D eigenvalue weighted by molar-refractivity contribution is 0.0868. The second kappa shape index (κ2) is 5.71. The average Bonchev–Trinajstić information content (AvgIpc) is 2.34. The zero-order chi connectivity index (χ0) is 13.1. The molecule has 6 nitrogen and oxygen atoms in total. The number of ether oxygens (including phenoxy) is 1. The molecular weight excluding hydrogens is 325 g/mol. The van der Waals surface area contributed by atoms with Gasteiger partial charge >= 0.3 is 6.09 Å². The van der Waals surface area contributed by atoms with Gasteiger partial charge < -0.3 is 14.7 Å². The smallest absolute Gasteiger partial charge is 0.407 e. The van der Waals surface area contributed by atoms with Crippen molar-refractivity contribution in [3.63, 3.8) is 0 Å². The summed E-state index contributed by atoms with van der Waals surface area (Å²) < 4.78 is 6.09. The second-order valence-corrected chi connectivity index (χ2v) is 4.99. The van der Waals surface area contributed by atoms with Gasteiger partial charge in [0.25, 0.3) is 0 Å². The fourth-order valence-corrected chi connectivity index (χ4v) is 2.05. The van der Waals surface area contributed by atoms with Crippen molar-refractivity contribution in [1.29, 1.82) is 0 Å². The summed E-state index contributed by atoms with van der Waals surface area (Å²) in [5.74, 6) is 0.358. The SMILES string of the molecule is O=C(O)N1CCC(Oc2cnc(Br)c(Cl)n2)CC1. The molecule has 1 aromatic heterocycles. The molecule has 0 spiro atoms. The van der Waals surface area contributed by atoms with Crippen LogP contribution in [-0.2, 0) is 0 Å². The summed E-state index contributed by atoms with van der Waals surface area (Å²) in [7, 11) is 0. The van der Waals surface area contributed by atoms with Crippen LogP contribution in [0.2, 0.25) is 5.15 Å². The summed E-state index contributed by atoms with van der Waals surface area (Å²) >= 11 is 8.96. The van der Waals surface area contributed by atoms with Crippen LogP contribution in [0.3, 0.4) is 0 Å². The van der Waals surface area contributed by atoms with E-state index in [2.05, 4.69) is 25.9 Å². The van der Waals surface area contributed by atoms with E-state index in [1.54, 1.807) is 0 Å². The van der Waals surface area contributed by atoms with Crippen molar-refractivity contribution in [2.24, 2.45) is 0 Å². The molecule has 1 aliphatic rings. The van der Waals surface area contributed by atoms with Gasteiger partial charge in [-0.2, -0.15) is 4.98 Å². The van der Waals surface area contributed by atoms with Crippen LogP contribution in [0, 0.1) is 0 Å². The highest BCUT2D eigenvalue weighted by atomic mass is 79.9. The highest BCUT2D eigenvalue weighted by molar-refractivity contribution is 9.10. The van der Waals surface area contributed by atoms with Crippen LogP contribution in [0.15, 0.2) is 10.8 Å². The van der Waals surface area contributed by atoms with Gasteiger partial charge in [0.2, 0.25) is 5.88 Å². The maximum atomic E-state index is 10.7. The summed E-state index contributed by atoms with van der Waals surface area (Å²) in [6.45, 7) is 0.940. The molecule has 1 fully saturated rings. The predicted molar refractivity (Wildman–Crippen MR) is 68.0 cm³/mol. The number of likely N-dealkylation sites (tertiary alicyclic amines) is 1. The number of nitrogens with zero attached hydrogens (tertiary/aromatic N) is 3. The van der Waals surface area contributed by atoms with Gasteiger partial charge in [-0.3, -0.25) is 0 Å². The Bertz CT molecular complexity index is 452. The predicted octanol–water partition coefficient (Wildman–Crippen LogP) is 2.41. The number of hydrogen-bond donors (Lipinski definition) is 1. The molecule has 1 aromatic rings. The van der Waals surface area contributed by atoms with Gasteiger partial charge in [-0.1, -0.05) is 11.6 Å². The van der Waals surface area contributed by atoms with Gasteiger partial charge in [-0.05, 0) is 15.9 Å². The molecule has 0 bridgehead atoms. The molecule has 2 rings (SSSR count). The largest absolute Gasteiger partial charge is 0.473 e. The topological polar surface area (TPSA) is 75.5 Å². The fourth-order valence-electron chi connectivity index (χ4n) is 1.73. The lowest BCUT2D eigenvalue weighted by atomic mass is 10.1. The number of halogens is 2. The number of aromatic nitrogens is 2. The molecule has 0 atom stereocenters. The molecule has 0 saturated carbocycles. The minimum atomic E-state index is -0.889. The van der Waals surface area contributed by atoms with Crippen LogP contribution >= 0.6 is 27.5 Å². The van der Waals surface area contributed by atoms with Crippen LogP contribution in [0.1, 0.15) is 12.8 Å². The van der Waals surface area contributed by atoms with Crippen molar-refractivity contribution in [2.75, 3.05) is 13.1 Å². The van der Waals surface area contributed by atoms with Gasteiger partial charge in [-0.15, -0.1) is 0 Å². The first kappa shape index (κ1) is 13.4. The van der Waals surface area contributed by atoms with Gasteiger partial charge in [0.1, 0.15) is 10.7 Å². The van der Waals surface area contributed by atoms with Crippen LogP contribution < -0.4 is 4.74 Å². The van der Waals surface area contributed by atoms with Gasteiger partial charge in [0.15, 0.2) is 5.15 Å². The van der Waals surface area contributed by atoms with E-state index in [1.807, 2.05) is 0 Å². The Balaban J connectivity index is 1.91. The Hall–Kier alpha value is -1.08. The summed E-state index contributed by atoms with van der Waals surface area (Å²) in [6, 6.07) is 0. The molecule has 0 unspecified atom stereocenters. The van der Waals surface area contributed by atoms with Crippen molar-refractivity contribution in [2.45, 2.75) is 18.9 Å². The number of rotatable bonds is 2. The first-order valence-electron chi connectivity index (χ1n) is 5.39. The molecular formula is C10H11BrClN3O3. The molecule has 1 saturated heterocycles. The molecule has 0 radical (unpaired) electrons. The first-order chi connectivity index (χ1) is 8.56. The maximum Gasteiger partial charge on any atom is 0.407 e. The summed E-state index contributed by atoms with van der Waals surface area (Å²) in [5, 5.41) is 9.07. The van der Waals surface area contributed by atoms with E-state index in [9.17, 15) is 4.79 Å². The molecule has 0 aliphatic carbocycles. The second-order valence-electron chi connectivity index (χ2n) is 3.88. The Morgan fingerprint density at radius 1 is 1.56 bits per heavy atom. The van der Waals surface area contributed by atoms with Crippen molar-refractivity contribution in [3.8, 4) is 5.88 Å². The summed E-state index contributed by atoms with van der Waals surface area (Å²) in [5.41, 5.74) is 0. The van der Waals surface area contributed by atoms with E-state index in [4.69, 9.17) is 21.4 Å². The maximum absolute atomic E-state index is 10.7. The highest BCUT2D eigenvalue weighted by Crippen LogP contribution is 2.22. The minimum absolute atomic E-state index is 0.0489. The average molecular weight is 337 g/mol. The zero-order valence-corrected chi connectivity index (χ0v) is 11.7. The van der Waals surface area contributed by atoms with E-state index in [1.165, 1.54) is 11.1 Å². The third-order valence-electron chi connectivity index (χ3n) is 2.67. The normalized spacial score (nSPS) is 16.7. The van der Waals surface area contributed by atoms with Crippen molar-refractivity contribution >= 4 is 33.6 Å². The molecule has 18 heavy (non-hydrogen) atoms. The Morgan fingerprint density at radius 3 is 2.78 bits per heavy atom. The van der Waals surface area contributed by atoms with E-state index >= 15 is 0 Å². The molecule has 2 heterocycles. The molecule has 8 heteroatoms. The van der Waals surface area contributed by atoms with E-state index in [-0.39, 0.29) is 11.3 Å². The van der Waals surface area contributed by atoms with E-state index in [0.717, 1.165) is 0 Å². The van der Waals surface area contributed by atoms with Crippen LogP contribution in [0.4, 0.5) is 4.79 Å². The summed E-state index contributed by atoms with van der Waals surface area (Å²) in [6.07, 6.45) is 1.83. The van der Waals surface area contributed by atoms with Crippen molar-refractivity contribution < 1.29 is 14.6 Å². The van der Waals surface area contributed by atoms with E-state index in [0.29, 0.717) is 36.4 Å². The Morgan fingerprint density at radius 2 is 2.22 bits per heavy atom. The van der Waals surface area contributed by atoms with Gasteiger partial charge in [0.05, 0.1) is 6.20 Å². The van der Waals surface area contributed by atoms with Crippen LogP contribution in [0.25, 0.3) is 0 Å². The van der Waals surface area contributed by atoms with Crippen LogP contribution in [0.5, 0.6) is 5.88 Å². The Labute approximate surface area is 117 Å². The third kappa shape index (κ3) is 3.23. The quantitative estimate of drug-likeness (QED) is 0.897. The third-order valence-corrected chi connectivity index (χ3v) is 3.74. The Kier molecular flexibility index (Phi) is 4.23. The monoisotopic (exact) mass is 335 g/mol. The number of amides is 1. The van der Waals surface area contributed by atoms with Crippen LogP contribution in [-0.4, -0.2) is 45.3 Å². The molecule has 1 aliphatic heterocycles. The number of carboxylic acid groups (broad SMARTS) is 1. The first-order valence-corrected chi connectivity index (χ1v) is 6.56. The standard InChI is InChI=1S/C10H11BrClN3O3/c11-8-9(12)14-7(5-13-8)18-6-1-3-15(4-2-6)10(16)17/h5-6H,1-4H2,(H,16,17). The van der Waals surface area contributed by atoms with Gasteiger partial charge in [-0.25, -0.2) is 9.78 Å². The fraction of sp³-hybridized carbons (Fsp3) is 0.500. The summed E-state index contributed by atoms with van der Waals surface area (Å²) in [4.78, 5) is 20.1. The minimum Gasteiger partial charge on any atom is -0.473 e. The molecule has 1 N–H and O–H groups in total. The lowest BCUT2D eigenvalue weighted by Gasteiger charge is -2.29. The van der Waals surface area contributed by atoms with E-state index < -0.39 is 6.09 Å². The number of piperidine rings is 1. The molecule has 0 aromatic carbocycles. The van der Waals surface area contributed by atoms with Crippen molar-refractivity contribution in [3.05, 3.63) is 16.0 Å². The number of hydrogen-bond acceptors (Lipinski definition) is 4. The molecule has 98 valence electrons. The van der Waals surface area contributed by atoms with Gasteiger partial charge in [0, 0.05) is 25.9 Å².